The lowest BCUT2D eigenvalue weighted by molar-refractivity contribution is -0.127. The Balaban J connectivity index is 1.33. The monoisotopic (exact) mass is 383 g/mol. The fourth-order valence-corrected chi connectivity index (χ4v) is 3.97. The summed E-state index contributed by atoms with van der Waals surface area (Å²) in [5, 5.41) is 3.21. The summed E-state index contributed by atoms with van der Waals surface area (Å²) in [7, 11) is 0. The summed E-state index contributed by atoms with van der Waals surface area (Å²) in [6.45, 7) is 5.83. The van der Waals surface area contributed by atoms with Gasteiger partial charge >= 0.3 is 0 Å². The molecule has 0 unspecified atom stereocenters. The second kappa shape index (κ2) is 8.19. The van der Waals surface area contributed by atoms with E-state index in [1.165, 1.54) is 12.1 Å². The molecular formula is C22H26FN3O2. The fraction of sp³-hybridized carbons (Fsp3) is 0.409. The van der Waals surface area contributed by atoms with E-state index in [-0.39, 0.29) is 23.8 Å². The molecule has 0 spiro atoms. The van der Waals surface area contributed by atoms with Crippen LogP contribution in [0.5, 0.6) is 5.75 Å². The van der Waals surface area contributed by atoms with Crippen molar-refractivity contribution in [3.63, 3.8) is 0 Å². The molecule has 4 rings (SSSR count). The van der Waals surface area contributed by atoms with Crippen molar-refractivity contribution in [3.8, 4) is 5.75 Å². The zero-order valence-electron chi connectivity index (χ0n) is 16.1. The first kappa shape index (κ1) is 18.7. The van der Waals surface area contributed by atoms with Crippen molar-refractivity contribution in [1.29, 1.82) is 0 Å². The number of nitrogens with zero attached hydrogens (tertiary/aromatic N) is 2. The van der Waals surface area contributed by atoms with Crippen LogP contribution < -0.4 is 15.0 Å². The van der Waals surface area contributed by atoms with Crippen LogP contribution in [0, 0.1) is 5.82 Å². The van der Waals surface area contributed by atoms with Crippen molar-refractivity contribution in [2.75, 3.05) is 37.7 Å². The summed E-state index contributed by atoms with van der Waals surface area (Å²) < 4.78 is 18.8. The maximum atomic E-state index is 13.1. The third kappa shape index (κ3) is 3.97. The highest BCUT2D eigenvalue weighted by molar-refractivity contribution is 5.82. The van der Waals surface area contributed by atoms with Crippen LogP contribution in [0.15, 0.2) is 48.5 Å². The predicted molar refractivity (Wildman–Crippen MR) is 107 cm³/mol. The first-order valence-electron chi connectivity index (χ1n) is 9.88. The molecule has 0 saturated carbocycles. The number of ether oxygens (including phenoxy) is 1. The Bertz CT molecular complexity index is 819. The quantitative estimate of drug-likeness (QED) is 0.882. The lowest BCUT2D eigenvalue weighted by Gasteiger charge is -2.39. The van der Waals surface area contributed by atoms with Gasteiger partial charge in [-0.15, -0.1) is 0 Å². The van der Waals surface area contributed by atoms with Gasteiger partial charge < -0.3 is 15.0 Å². The highest BCUT2D eigenvalue weighted by atomic mass is 19.1. The molecule has 2 aliphatic rings. The standard InChI is InChI=1S/C22H26FN3O2/c1-16(22(27)24-20-10-15-28-21-5-3-2-4-19(20)21)25-11-13-26(14-12-25)18-8-6-17(23)7-9-18/h2-9,16,20H,10-15H2,1H3,(H,24,27)/t16-,20-/m0/s1. The molecule has 1 N–H and O–H groups in total. The number of hydrogen-bond acceptors (Lipinski definition) is 4. The molecule has 0 aliphatic carbocycles. The molecule has 2 aliphatic heterocycles. The van der Waals surface area contributed by atoms with Gasteiger partial charge in [0.05, 0.1) is 18.7 Å². The number of hydrogen-bond donors (Lipinski definition) is 1. The van der Waals surface area contributed by atoms with Crippen LogP contribution in [0.3, 0.4) is 0 Å². The van der Waals surface area contributed by atoms with Crippen LogP contribution in [0.4, 0.5) is 10.1 Å². The predicted octanol–water partition coefficient (Wildman–Crippen LogP) is 2.98. The van der Waals surface area contributed by atoms with Gasteiger partial charge in [0, 0.05) is 43.9 Å². The number of carbonyl (C=O) groups excluding carboxylic acids is 1. The van der Waals surface area contributed by atoms with Crippen molar-refractivity contribution in [2.24, 2.45) is 0 Å². The van der Waals surface area contributed by atoms with E-state index in [1.807, 2.05) is 43.3 Å². The van der Waals surface area contributed by atoms with E-state index in [0.717, 1.165) is 49.6 Å². The van der Waals surface area contributed by atoms with Crippen molar-refractivity contribution in [3.05, 3.63) is 59.9 Å². The smallest absolute Gasteiger partial charge is 0.237 e. The third-order valence-electron chi connectivity index (χ3n) is 5.71. The lowest BCUT2D eigenvalue weighted by Crippen LogP contribution is -2.54. The first-order chi connectivity index (χ1) is 13.6. The van der Waals surface area contributed by atoms with Crippen molar-refractivity contribution in [1.82, 2.24) is 10.2 Å². The maximum Gasteiger partial charge on any atom is 0.237 e. The van der Waals surface area contributed by atoms with Crippen LogP contribution in [0.25, 0.3) is 0 Å². The molecule has 2 atom stereocenters. The topological polar surface area (TPSA) is 44.8 Å². The molecule has 1 amide bonds. The highest BCUT2D eigenvalue weighted by Gasteiger charge is 2.29. The van der Waals surface area contributed by atoms with Crippen LogP contribution in [-0.2, 0) is 4.79 Å². The van der Waals surface area contributed by atoms with Gasteiger partial charge in [-0.2, -0.15) is 0 Å². The second-order valence-corrected chi connectivity index (χ2v) is 7.41. The first-order valence-corrected chi connectivity index (χ1v) is 9.88. The highest BCUT2D eigenvalue weighted by Crippen LogP contribution is 2.31. The van der Waals surface area contributed by atoms with Crippen molar-refractivity contribution < 1.29 is 13.9 Å². The Kier molecular flexibility index (Phi) is 5.48. The van der Waals surface area contributed by atoms with Crippen LogP contribution in [0.1, 0.15) is 24.9 Å². The van der Waals surface area contributed by atoms with Gasteiger partial charge in [0.2, 0.25) is 5.91 Å². The van der Waals surface area contributed by atoms with Gasteiger partial charge in [-0.3, -0.25) is 9.69 Å². The van der Waals surface area contributed by atoms with E-state index in [0.29, 0.717) is 6.61 Å². The largest absolute Gasteiger partial charge is 0.493 e. The van der Waals surface area contributed by atoms with Crippen LogP contribution in [-0.4, -0.2) is 49.6 Å². The van der Waals surface area contributed by atoms with Crippen molar-refractivity contribution in [2.45, 2.75) is 25.4 Å². The zero-order valence-corrected chi connectivity index (χ0v) is 16.1. The molecule has 0 aromatic heterocycles. The van der Waals surface area contributed by atoms with Gasteiger partial charge in [0.1, 0.15) is 11.6 Å². The van der Waals surface area contributed by atoms with Gasteiger partial charge in [-0.05, 0) is 37.3 Å². The summed E-state index contributed by atoms with van der Waals surface area (Å²) in [4.78, 5) is 17.3. The minimum atomic E-state index is -0.220. The molecule has 5 nitrogen and oxygen atoms in total. The molecule has 28 heavy (non-hydrogen) atoms. The number of rotatable bonds is 4. The number of nitrogens with one attached hydrogen (secondary N) is 1. The number of benzene rings is 2. The SMILES string of the molecule is C[C@@H](C(=O)N[C@H]1CCOc2ccccc21)N1CCN(c2ccc(F)cc2)CC1. The Labute approximate surface area is 165 Å². The van der Waals surface area contributed by atoms with E-state index in [1.54, 1.807) is 0 Å². The number of carbonyl (C=O) groups is 1. The Morgan fingerprint density at radius 1 is 1.11 bits per heavy atom. The van der Waals surface area contributed by atoms with E-state index >= 15 is 0 Å². The Morgan fingerprint density at radius 3 is 2.57 bits per heavy atom. The molecule has 2 aromatic carbocycles. The summed E-state index contributed by atoms with van der Waals surface area (Å²) in [6, 6.07) is 14.3. The fourth-order valence-electron chi connectivity index (χ4n) is 3.97. The van der Waals surface area contributed by atoms with Gasteiger partial charge in [0.15, 0.2) is 0 Å². The van der Waals surface area contributed by atoms with Gasteiger partial charge in [-0.25, -0.2) is 4.39 Å². The summed E-state index contributed by atoms with van der Waals surface area (Å²) in [6.07, 6.45) is 0.786. The molecule has 0 bridgehead atoms. The number of amides is 1. The maximum absolute atomic E-state index is 13.1. The van der Waals surface area contributed by atoms with E-state index in [2.05, 4.69) is 15.1 Å². The average molecular weight is 383 g/mol. The number of anilines is 1. The van der Waals surface area contributed by atoms with Crippen LogP contribution >= 0.6 is 0 Å². The average Bonchev–Trinajstić information content (AvgIpc) is 2.74. The van der Waals surface area contributed by atoms with E-state index in [9.17, 15) is 9.18 Å². The third-order valence-corrected chi connectivity index (χ3v) is 5.71. The Hall–Kier alpha value is -2.60. The molecule has 2 heterocycles. The number of piperazine rings is 1. The molecular weight excluding hydrogens is 357 g/mol. The molecule has 6 heteroatoms. The molecule has 1 fully saturated rings. The van der Waals surface area contributed by atoms with Gasteiger partial charge in [-0.1, -0.05) is 18.2 Å². The summed E-state index contributed by atoms with van der Waals surface area (Å²) >= 11 is 0. The van der Waals surface area contributed by atoms with Crippen LogP contribution in [0.2, 0.25) is 0 Å². The Morgan fingerprint density at radius 2 is 1.82 bits per heavy atom. The molecule has 2 aromatic rings. The zero-order chi connectivity index (χ0) is 19.5. The molecule has 148 valence electrons. The normalized spacial score (nSPS) is 20.8. The summed E-state index contributed by atoms with van der Waals surface area (Å²) in [5.41, 5.74) is 2.08. The second-order valence-electron chi connectivity index (χ2n) is 7.41. The van der Waals surface area contributed by atoms with E-state index in [4.69, 9.17) is 4.74 Å². The number of halogens is 1. The molecule has 0 radical (unpaired) electrons. The number of para-hydroxylation sites is 1. The van der Waals surface area contributed by atoms with Crippen molar-refractivity contribution >= 4 is 11.6 Å². The minimum absolute atomic E-state index is 0.000374. The number of fused-ring (bicyclic) bond motifs is 1. The molecule has 1 saturated heterocycles. The minimum Gasteiger partial charge on any atom is -0.493 e. The summed E-state index contributed by atoms with van der Waals surface area (Å²) in [5.74, 6) is 0.693. The van der Waals surface area contributed by atoms with Gasteiger partial charge in [0.25, 0.3) is 0 Å². The lowest BCUT2D eigenvalue weighted by atomic mass is 10.00. The van der Waals surface area contributed by atoms with E-state index < -0.39 is 0 Å².